The lowest BCUT2D eigenvalue weighted by molar-refractivity contribution is 0.558. The molecule has 3 nitrogen and oxygen atoms in total. The smallest absolute Gasteiger partial charge is 0.137 e. The molecular formula is C13H15Cl2N3. The minimum Gasteiger partial charge on any atom is -0.362 e. The van der Waals surface area contributed by atoms with Gasteiger partial charge in [-0.3, -0.25) is 0 Å². The highest BCUT2D eigenvalue weighted by Crippen LogP contribution is 2.25. The van der Waals surface area contributed by atoms with Gasteiger partial charge in [0.25, 0.3) is 0 Å². The summed E-state index contributed by atoms with van der Waals surface area (Å²) in [4.78, 5) is 8.53. The van der Waals surface area contributed by atoms with Crippen LogP contribution < -0.4 is 5.32 Å². The number of halogens is 2. The number of nitrogens with zero attached hydrogens (tertiary/aromatic N) is 2. The largest absolute Gasteiger partial charge is 0.362 e. The second kappa shape index (κ2) is 5.72. The fraction of sp³-hybridized carbons (Fsp3) is 0.385. The van der Waals surface area contributed by atoms with E-state index in [1.54, 1.807) is 6.33 Å². The van der Waals surface area contributed by atoms with Gasteiger partial charge in [-0.25, -0.2) is 9.97 Å². The molecule has 0 fully saturated rings. The van der Waals surface area contributed by atoms with Gasteiger partial charge in [0, 0.05) is 17.1 Å². The number of fused-ring (bicyclic) bond motifs is 1. The van der Waals surface area contributed by atoms with Gasteiger partial charge in [-0.15, -0.1) is 23.2 Å². The molecule has 0 aliphatic carbocycles. The Morgan fingerprint density at radius 3 is 2.56 bits per heavy atom. The van der Waals surface area contributed by atoms with Gasteiger partial charge in [0.15, 0.2) is 0 Å². The minimum absolute atomic E-state index is 0.333. The van der Waals surface area contributed by atoms with Crippen LogP contribution in [0.15, 0.2) is 30.6 Å². The van der Waals surface area contributed by atoms with E-state index in [0.717, 1.165) is 23.1 Å². The number of para-hydroxylation sites is 1. The first kappa shape index (κ1) is 13.4. The maximum atomic E-state index is 6.04. The van der Waals surface area contributed by atoms with Crippen molar-refractivity contribution >= 4 is 39.9 Å². The van der Waals surface area contributed by atoms with Crippen LogP contribution in [0.3, 0.4) is 0 Å². The molecule has 5 heteroatoms. The summed E-state index contributed by atoms with van der Waals surface area (Å²) in [5, 5.41) is 4.35. The van der Waals surface area contributed by atoms with Gasteiger partial charge in [-0.05, 0) is 18.6 Å². The number of aromatic nitrogens is 2. The Balaban J connectivity index is 2.42. The van der Waals surface area contributed by atoms with Crippen LogP contribution in [-0.2, 0) is 0 Å². The Hall–Kier alpha value is -1.06. The average molecular weight is 284 g/mol. The normalized spacial score (nSPS) is 11.7. The van der Waals surface area contributed by atoms with Crippen molar-refractivity contribution < 1.29 is 0 Å². The number of hydrogen-bond donors (Lipinski definition) is 1. The van der Waals surface area contributed by atoms with Crippen LogP contribution in [-0.4, -0.2) is 27.3 Å². The predicted molar refractivity (Wildman–Crippen MR) is 77.6 cm³/mol. The molecule has 0 radical (unpaired) electrons. The van der Waals surface area contributed by atoms with Gasteiger partial charge in [-0.2, -0.15) is 0 Å². The molecule has 0 amide bonds. The van der Waals surface area contributed by atoms with E-state index in [4.69, 9.17) is 23.2 Å². The van der Waals surface area contributed by atoms with E-state index in [-0.39, 0.29) is 5.54 Å². The van der Waals surface area contributed by atoms with Crippen LogP contribution in [0.2, 0.25) is 0 Å². The summed E-state index contributed by atoms with van der Waals surface area (Å²) >= 11 is 12.1. The highest BCUT2D eigenvalue weighted by molar-refractivity contribution is 6.22. The fourth-order valence-electron chi connectivity index (χ4n) is 1.74. The van der Waals surface area contributed by atoms with E-state index < -0.39 is 0 Å². The topological polar surface area (TPSA) is 37.8 Å². The Bertz CT molecular complexity index is 513. The number of anilines is 1. The zero-order valence-corrected chi connectivity index (χ0v) is 11.7. The van der Waals surface area contributed by atoms with E-state index >= 15 is 0 Å². The monoisotopic (exact) mass is 283 g/mol. The van der Waals surface area contributed by atoms with Crippen molar-refractivity contribution in [3.8, 4) is 0 Å². The average Bonchev–Trinajstić information content (AvgIpc) is 2.45. The van der Waals surface area contributed by atoms with Gasteiger partial charge in [0.2, 0.25) is 0 Å². The van der Waals surface area contributed by atoms with E-state index in [1.807, 2.05) is 24.3 Å². The molecule has 1 aromatic heterocycles. The van der Waals surface area contributed by atoms with Gasteiger partial charge >= 0.3 is 0 Å². The highest BCUT2D eigenvalue weighted by atomic mass is 35.5. The summed E-state index contributed by atoms with van der Waals surface area (Å²) in [6.07, 6.45) is 2.38. The van der Waals surface area contributed by atoms with Crippen molar-refractivity contribution in [2.75, 3.05) is 17.1 Å². The first-order valence-corrected chi connectivity index (χ1v) is 6.91. The van der Waals surface area contributed by atoms with E-state index in [2.05, 4.69) is 22.2 Å². The molecule has 0 atom stereocenters. The number of rotatable bonds is 5. The Kier molecular flexibility index (Phi) is 4.25. The fourth-order valence-corrected chi connectivity index (χ4v) is 2.53. The van der Waals surface area contributed by atoms with Gasteiger partial charge in [-0.1, -0.05) is 19.1 Å². The van der Waals surface area contributed by atoms with E-state index in [9.17, 15) is 0 Å². The van der Waals surface area contributed by atoms with Gasteiger partial charge < -0.3 is 5.32 Å². The molecular weight excluding hydrogens is 269 g/mol. The van der Waals surface area contributed by atoms with Crippen molar-refractivity contribution in [2.24, 2.45) is 0 Å². The highest BCUT2D eigenvalue weighted by Gasteiger charge is 2.27. The Morgan fingerprint density at radius 1 is 1.17 bits per heavy atom. The molecule has 2 rings (SSSR count). The molecule has 1 N–H and O–H groups in total. The molecule has 0 unspecified atom stereocenters. The number of benzene rings is 1. The number of hydrogen-bond acceptors (Lipinski definition) is 3. The predicted octanol–water partition coefficient (Wildman–Crippen LogP) is 3.67. The van der Waals surface area contributed by atoms with Crippen LogP contribution in [0.25, 0.3) is 10.9 Å². The third kappa shape index (κ3) is 2.52. The molecule has 2 aromatic rings. The molecule has 0 saturated heterocycles. The molecule has 0 aliphatic rings. The first-order valence-electron chi connectivity index (χ1n) is 5.84. The lowest BCUT2D eigenvalue weighted by atomic mass is 10.0. The van der Waals surface area contributed by atoms with Crippen molar-refractivity contribution in [1.82, 2.24) is 9.97 Å². The van der Waals surface area contributed by atoms with Crippen LogP contribution in [0.1, 0.15) is 13.3 Å². The van der Waals surface area contributed by atoms with Crippen LogP contribution in [0.5, 0.6) is 0 Å². The number of alkyl halides is 2. The summed E-state index contributed by atoms with van der Waals surface area (Å²) in [6.45, 7) is 2.06. The lowest BCUT2D eigenvalue weighted by Crippen LogP contribution is -2.42. The second-order valence-electron chi connectivity index (χ2n) is 4.27. The van der Waals surface area contributed by atoms with Crippen LogP contribution in [0.4, 0.5) is 5.82 Å². The third-order valence-electron chi connectivity index (χ3n) is 3.11. The maximum Gasteiger partial charge on any atom is 0.137 e. The SMILES string of the molecule is CCC(CCl)(CCl)Nc1ncnc2ccccc12. The van der Waals surface area contributed by atoms with Crippen LogP contribution >= 0.6 is 23.2 Å². The third-order valence-corrected chi connectivity index (χ3v) is 4.14. The molecule has 1 aromatic carbocycles. The molecule has 0 saturated carbocycles. The maximum absolute atomic E-state index is 6.04. The molecule has 0 bridgehead atoms. The van der Waals surface area contributed by atoms with Crippen molar-refractivity contribution in [3.05, 3.63) is 30.6 Å². The van der Waals surface area contributed by atoms with E-state index in [1.165, 1.54) is 0 Å². The summed E-state index contributed by atoms with van der Waals surface area (Å²) in [5.74, 6) is 1.65. The first-order chi connectivity index (χ1) is 8.74. The van der Waals surface area contributed by atoms with Crippen molar-refractivity contribution in [1.29, 1.82) is 0 Å². The lowest BCUT2D eigenvalue weighted by Gasteiger charge is -2.30. The van der Waals surface area contributed by atoms with Gasteiger partial charge in [0.05, 0.1) is 11.1 Å². The van der Waals surface area contributed by atoms with Crippen molar-refractivity contribution in [2.45, 2.75) is 18.9 Å². The summed E-state index contributed by atoms with van der Waals surface area (Å²) in [7, 11) is 0. The summed E-state index contributed by atoms with van der Waals surface area (Å²) in [5.41, 5.74) is 0.574. The molecule has 0 aliphatic heterocycles. The molecule has 1 heterocycles. The standard InChI is InChI=1S/C13H15Cl2N3/c1-2-13(7-14,8-15)18-12-10-5-3-4-6-11(10)16-9-17-12/h3-6,9H,2,7-8H2,1H3,(H,16,17,18). The van der Waals surface area contributed by atoms with Gasteiger partial charge in [0.1, 0.15) is 12.1 Å². The quantitative estimate of drug-likeness (QED) is 0.851. The van der Waals surface area contributed by atoms with Crippen LogP contribution in [0, 0.1) is 0 Å². The molecule has 96 valence electrons. The Labute approximate surface area is 117 Å². The Morgan fingerprint density at radius 2 is 1.89 bits per heavy atom. The summed E-state index contributed by atoms with van der Waals surface area (Å²) < 4.78 is 0. The van der Waals surface area contributed by atoms with Crippen molar-refractivity contribution in [3.63, 3.8) is 0 Å². The second-order valence-corrected chi connectivity index (χ2v) is 4.80. The molecule has 0 spiro atoms. The summed E-state index contributed by atoms with van der Waals surface area (Å²) in [6, 6.07) is 7.86. The number of nitrogens with one attached hydrogen (secondary N) is 1. The zero-order valence-electron chi connectivity index (χ0n) is 10.2. The zero-order chi connectivity index (χ0) is 13.0. The van der Waals surface area contributed by atoms with E-state index in [0.29, 0.717) is 11.8 Å². The molecule has 18 heavy (non-hydrogen) atoms. The minimum atomic E-state index is -0.333.